The zero-order valence-corrected chi connectivity index (χ0v) is 14.3. The van der Waals surface area contributed by atoms with Gasteiger partial charge in [0, 0.05) is 24.2 Å². The summed E-state index contributed by atoms with van der Waals surface area (Å²) < 4.78 is 11.3. The molecule has 0 unspecified atom stereocenters. The van der Waals surface area contributed by atoms with Crippen molar-refractivity contribution in [2.24, 2.45) is 0 Å². The normalized spacial score (nSPS) is 16.1. The van der Waals surface area contributed by atoms with Crippen molar-refractivity contribution < 1.29 is 14.3 Å². The summed E-state index contributed by atoms with van der Waals surface area (Å²) in [6.07, 6.45) is -0.560. The lowest BCUT2D eigenvalue weighted by Crippen LogP contribution is -2.47. The van der Waals surface area contributed by atoms with Crippen molar-refractivity contribution in [3.8, 4) is 11.5 Å². The van der Waals surface area contributed by atoms with E-state index in [-0.39, 0.29) is 5.91 Å². The van der Waals surface area contributed by atoms with Crippen LogP contribution in [0.25, 0.3) is 0 Å². The number of ether oxygens (including phenoxy) is 2. The molecule has 24 heavy (non-hydrogen) atoms. The Bertz CT molecular complexity index is 751. The van der Waals surface area contributed by atoms with Crippen LogP contribution < -0.4 is 19.7 Å². The molecule has 2 aromatic rings. The van der Waals surface area contributed by atoms with Gasteiger partial charge in [0.25, 0.3) is 5.91 Å². The fraction of sp³-hybridized carbons (Fsp3) is 0.278. The van der Waals surface area contributed by atoms with Crippen molar-refractivity contribution in [3.05, 3.63) is 53.1 Å². The number of carbonyl (C=O) groups is 1. The minimum atomic E-state index is -0.560. The Morgan fingerprint density at radius 1 is 1.38 bits per heavy atom. The smallest absolute Gasteiger partial charge is 0.262 e. The number of anilines is 1. The molecule has 0 radical (unpaired) electrons. The molecule has 1 aliphatic rings. The Kier molecular flexibility index (Phi) is 4.81. The quantitative estimate of drug-likeness (QED) is 0.925. The lowest BCUT2D eigenvalue weighted by Gasteiger charge is -2.35. The topological polar surface area (TPSA) is 50.8 Å². The predicted octanol–water partition coefficient (Wildman–Crippen LogP) is 2.86. The molecule has 1 heterocycles. The number of para-hydroxylation sites is 2. The van der Waals surface area contributed by atoms with Gasteiger partial charge in [0.05, 0.1) is 19.3 Å². The number of benzene rings is 2. The van der Waals surface area contributed by atoms with Crippen molar-refractivity contribution in [2.75, 3.05) is 25.6 Å². The number of nitrogens with zero attached hydrogens (tertiary/aromatic N) is 1. The largest absolute Gasteiger partial charge is 0.496 e. The maximum Gasteiger partial charge on any atom is 0.262 e. The van der Waals surface area contributed by atoms with E-state index in [1.54, 1.807) is 20.2 Å². The first-order chi connectivity index (χ1) is 11.6. The Balaban J connectivity index is 1.94. The van der Waals surface area contributed by atoms with E-state index in [0.717, 1.165) is 17.0 Å². The number of methoxy groups -OCH3 is 1. The van der Waals surface area contributed by atoms with Crippen molar-refractivity contribution in [1.82, 2.24) is 5.32 Å². The maximum atomic E-state index is 12.0. The third kappa shape index (κ3) is 3.26. The first-order valence-corrected chi connectivity index (χ1v) is 8.05. The van der Waals surface area contributed by atoms with Crippen LogP contribution in [0.4, 0.5) is 5.69 Å². The number of amides is 1. The fourth-order valence-electron chi connectivity index (χ4n) is 2.83. The molecule has 1 aliphatic heterocycles. The van der Waals surface area contributed by atoms with Crippen LogP contribution in [0.1, 0.15) is 5.56 Å². The van der Waals surface area contributed by atoms with E-state index in [9.17, 15) is 4.79 Å². The summed E-state index contributed by atoms with van der Waals surface area (Å²) in [6, 6.07) is 13.2. The van der Waals surface area contributed by atoms with Gasteiger partial charge in [0.1, 0.15) is 11.5 Å². The van der Waals surface area contributed by atoms with E-state index in [2.05, 4.69) is 10.2 Å². The molecule has 0 saturated heterocycles. The highest BCUT2D eigenvalue weighted by molar-refractivity contribution is 6.30. The van der Waals surface area contributed by atoms with E-state index in [0.29, 0.717) is 23.9 Å². The van der Waals surface area contributed by atoms with E-state index in [4.69, 9.17) is 21.1 Å². The highest BCUT2D eigenvalue weighted by Crippen LogP contribution is 2.35. The Labute approximate surface area is 146 Å². The molecule has 1 atom stereocenters. The molecule has 3 rings (SSSR count). The van der Waals surface area contributed by atoms with Gasteiger partial charge in [-0.2, -0.15) is 0 Å². The summed E-state index contributed by atoms with van der Waals surface area (Å²) in [5.41, 5.74) is 1.90. The highest BCUT2D eigenvalue weighted by atomic mass is 35.5. The Morgan fingerprint density at radius 2 is 2.17 bits per heavy atom. The number of halogens is 1. The van der Waals surface area contributed by atoms with E-state index < -0.39 is 6.10 Å². The molecular formula is C18H19ClN2O3. The van der Waals surface area contributed by atoms with Crippen molar-refractivity contribution in [3.63, 3.8) is 0 Å². The SMILES string of the molecule is CNC(=O)[C@@H]1CN(Cc2cc(Cl)ccc2OC)c2ccccc2O1. The van der Waals surface area contributed by atoms with Crippen molar-refractivity contribution in [2.45, 2.75) is 12.6 Å². The lowest BCUT2D eigenvalue weighted by molar-refractivity contribution is -0.127. The number of hydrogen-bond acceptors (Lipinski definition) is 4. The molecular weight excluding hydrogens is 328 g/mol. The molecule has 0 bridgehead atoms. The number of likely N-dealkylation sites (N-methyl/N-ethyl adjacent to an activating group) is 1. The molecule has 0 spiro atoms. The number of hydrogen-bond donors (Lipinski definition) is 1. The van der Waals surface area contributed by atoms with E-state index >= 15 is 0 Å². The second-order valence-electron chi connectivity index (χ2n) is 5.53. The minimum absolute atomic E-state index is 0.146. The second kappa shape index (κ2) is 7.01. The summed E-state index contributed by atoms with van der Waals surface area (Å²) in [7, 11) is 3.24. The van der Waals surface area contributed by atoms with Crippen molar-refractivity contribution in [1.29, 1.82) is 0 Å². The van der Waals surface area contributed by atoms with Crippen LogP contribution in [0.2, 0.25) is 5.02 Å². The standard InChI is InChI=1S/C18H19ClN2O3/c1-20-18(22)17-11-21(14-5-3-4-6-16(14)24-17)10-12-9-13(19)7-8-15(12)23-2/h3-9,17H,10-11H2,1-2H3,(H,20,22)/t17-/m0/s1. The Morgan fingerprint density at radius 3 is 2.92 bits per heavy atom. The van der Waals surface area contributed by atoms with Crippen LogP contribution in [0.5, 0.6) is 11.5 Å². The fourth-order valence-corrected chi connectivity index (χ4v) is 3.03. The molecule has 0 aliphatic carbocycles. The zero-order chi connectivity index (χ0) is 17.1. The first kappa shape index (κ1) is 16.5. The summed E-state index contributed by atoms with van der Waals surface area (Å²) in [4.78, 5) is 14.1. The van der Waals surface area contributed by atoms with Crippen LogP contribution in [-0.2, 0) is 11.3 Å². The van der Waals surface area contributed by atoms with E-state index in [1.807, 2.05) is 36.4 Å². The van der Waals surface area contributed by atoms with Gasteiger partial charge in [-0.05, 0) is 30.3 Å². The van der Waals surface area contributed by atoms with Crippen LogP contribution >= 0.6 is 11.6 Å². The monoisotopic (exact) mass is 346 g/mol. The number of fused-ring (bicyclic) bond motifs is 1. The molecule has 0 aromatic heterocycles. The number of nitrogens with one attached hydrogen (secondary N) is 1. The number of rotatable bonds is 4. The van der Waals surface area contributed by atoms with E-state index in [1.165, 1.54) is 0 Å². The molecule has 5 nitrogen and oxygen atoms in total. The molecule has 0 fully saturated rings. The lowest BCUT2D eigenvalue weighted by atomic mass is 10.1. The van der Waals surface area contributed by atoms with Gasteiger partial charge in [-0.1, -0.05) is 23.7 Å². The van der Waals surface area contributed by atoms with Gasteiger partial charge in [0.15, 0.2) is 6.10 Å². The molecule has 1 N–H and O–H groups in total. The summed E-state index contributed by atoms with van der Waals surface area (Å²) in [5, 5.41) is 3.29. The highest BCUT2D eigenvalue weighted by Gasteiger charge is 2.30. The average Bonchev–Trinajstić information content (AvgIpc) is 2.61. The average molecular weight is 347 g/mol. The molecule has 2 aromatic carbocycles. The summed E-state index contributed by atoms with van der Waals surface area (Å²) >= 11 is 6.13. The first-order valence-electron chi connectivity index (χ1n) is 7.67. The molecule has 0 saturated carbocycles. The summed E-state index contributed by atoms with van der Waals surface area (Å²) in [5.74, 6) is 1.31. The third-order valence-electron chi connectivity index (χ3n) is 4.00. The predicted molar refractivity (Wildman–Crippen MR) is 94.0 cm³/mol. The Hall–Kier alpha value is -2.40. The maximum absolute atomic E-state index is 12.0. The minimum Gasteiger partial charge on any atom is -0.496 e. The van der Waals surface area contributed by atoms with Crippen LogP contribution in [0.15, 0.2) is 42.5 Å². The van der Waals surface area contributed by atoms with Crippen molar-refractivity contribution >= 4 is 23.2 Å². The van der Waals surface area contributed by atoms with Gasteiger partial charge in [-0.25, -0.2) is 0 Å². The van der Waals surface area contributed by atoms with Crippen LogP contribution in [-0.4, -0.2) is 32.7 Å². The number of carbonyl (C=O) groups excluding carboxylic acids is 1. The van der Waals surface area contributed by atoms with Gasteiger partial charge in [0.2, 0.25) is 0 Å². The second-order valence-corrected chi connectivity index (χ2v) is 5.96. The van der Waals surface area contributed by atoms with Crippen LogP contribution in [0.3, 0.4) is 0 Å². The summed E-state index contributed by atoms with van der Waals surface area (Å²) in [6.45, 7) is 1.02. The van der Waals surface area contributed by atoms with Gasteiger partial charge < -0.3 is 19.7 Å². The van der Waals surface area contributed by atoms with Gasteiger partial charge >= 0.3 is 0 Å². The molecule has 6 heteroatoms. The molecule has 126 valence electrons. The molecule has 1 amide bonds. The van der Waals surface area contributed by atoms with Gasteiger partial charge in [-0.15, -0.1) is 0 Å². The zero-order valence-electron chi connectivity index (χ0n) is 13.6. The van der Waals surface area contributed by atoms with Gasteiger partial charge in [-0.3, -0.25) is 4.79 Å². The third-order valence-corrected chi connectivity index (χ3v) is 4.24. The van der Waals surface area contributed by atoms with Crippen LogP contribution in [0, 0.1) is 0 Å².